The molecule has 0 fully saturated rings. The van der Waals surface area contributed by atoms with Crippen molar-refractivity contribution in [2.45, 2.75) is 19.4 Å². The molecule has 0 saturated carbocycles. The molecule has 1 atom stereocenters. The highest BCUT2D eigenvalue weighted by Crippen LogP contribution is 2.21. The van der Waals surface area contributed by atoms with E-state index in [1.54, 1.807) is 17.5 Å². The van der Waals surface area contributed by atoms with E-state index in [1.165, 1.54) is 10.4 Å². The van der Waals surface area contributed by atoms with Gasteiger partial charge in [-0.3, -0.25) is 16.3 Å². The van der Waals surface area contributed by atoms with Gasteiger partial charge < -0.3 is 0 Å². The number of thiophene rings is 1. The van der Waals surface area contributed by atoms with Crippen molar-refractivity contribution in [3.8, 4) is 0 Å². The molecule has 2 aromatic rings. The fourth-order valence-corrected chi connectivity index (χ4v) is 2.51. The van der Waals surface area contributed by atoms with Crippen LogP contribution in [0, 0.1) is 6.92 Å². The minimum absolute atomic E-state index is 0.132. The van der Waals surface area contributed by atoms with Gasteiger partial charge in [-0.15, -0.1) is 11.3 Å². The Labute approximate surface area is 99.3 Å². The second-order valence-corrected chi connectivity index (χ2v) is 4.71. The molecule has 0 radical (unpaired) electrons. The molecule has 0 spiro atoms. The van der Waals surface area contributed by atoms with E-state index in [2.05, 4.69) is 34.0 Å². The van der Waals surface area contributed by atoms with E-state index in [0.29, 0.717) is 0 Å². The first-order valence-corrected chi connectivity index (χ1v) is 6.09. The van der Waals surface area contributed by atoms with Gasteiger partial charge in [0, 0.05) is 23.2 Å². The number of nitrogens with two attached hydrogens (primary N) is 1. The lowest BCUT2D eigenvalue weighted by Crippen LogP contribution is -2.30. The average Bonchev–Trinajstić information content (AvgIpc) is 2.80. The minimum atomic E-state index is 0.132. The second-order valence-electron chi connectivity index (χ2n) is 3.68. The van der Waals surface area contributed by atoms with Crippen LogP contribution in [-0.4, -0.2) is 4.98 Å². The van der Waals surface area contributed by atoms with Gasteiger partial charge in [-0.25, -0.2) is 0 Å². The zero-order valence-corrected chi connectivity index (χ0v) is 10.00. The summed E-state index contributed by atoms with van der Waals surface area (Å²) in [5, 5.41) is 2.08. The molecule has 2 rings (SSSR count). The molecule has 1 unspecified atom stereocenters. The van der Waals surface area contributed by atoms with E-state index >= 15 is 0 Å². The Hall–Kier alpha value is -1.23. The number of hydrogen-bond donors (Lipinski definition) is 2. The lowest BCUT2D eigenvalue weighted by atomic mass is 10.0. The Morgan fingerprint density at radius 2 is 2.31 bits per heavy atom. The lowest BCUT2D eigenvalue weighted by Gasteiger charge is -2.16. The van der Waals surface area contributed by atoms with Crippen molar-refractivity contribution >= 4 is 11.3 Å². The van der Waals surface area contributed by atoms with Crippen LogP contribution in [-0.2, 0) is 6.42 Å². The number of nitrogens with zero attached hydrogens (tertiary/aromatic N) is 1. The second kappa shape index (κ2) is 5.21. The fourth-order valence-electron chi connectivity index (χ4n) is 1.75. The maximum atomic E-state index is 5.62. The third kappa shape index (κ3) is 2.47. The van der Waals surface area contributed by atoms with Crippen molar-refractivity contribution < 1.29 is 0 Å². The predicted octanol–water partition coefficient (Wildman–Crippen LogP) is 2.20. The number of nitrogens with one attached hydrogen (secondary N) is 1. The number of aromatic nitrogens is 1. The number of rotatable bonds is 4. The van der Waals surface area contributed by atoms with Gasteiger partial charge in [0.1, 0.15) is 0 Å². The standard InChI is InChI=1S/C12H15N3S/c1-9-11(5-2-6-14-9)12(15-13)8-10-4-3-7-16-10/h2-7,12,15H,8,13H2,1H3. The van der Waals surface area contributed by atoms with Gasteiger partial charge in [0.25, 0.3) is 0 Å². The summed E-state index contributed by atoms with van der Waals surface area (Å²) in [6.45, 7) is 2.01. The molecule has 2 aromatic heterocycles. The van der Waals surface area contributed by atoms with Gasteiger partial charge in [-0.1, -0.05) is 12.1 Å². The molecular weight excluding hydrogens is 218 g/mol. The molecule has 0 aliphatic carbocycles. The Morgan fingerprint density at radius 3 is 2.94 bits per heavy atom. The van der Waals surface area contributed by atoms with Gasteiger partial charge in [0.15, 0.2) is 0 Å². The van der Waals surface area contributed by atoms with Crippen molar-refractivity contribution in [1.82, 2.24) is 10.4 Å². The van der Waals surface area contributed by atoms with Crippen LogP contribution in [0.4, 0.5) is 0 Å². The quantitative estimate of drug-likeness (QED) is 0.629. The SMILES string of the molecule is Cc1ncccc1C(Cc1cccs1)NN. The van der Waals surface area contributed by atoms with Crippen molar-refractivity contribution in [1.29, 1.82) is 0 Å². The summed E-state index contributed by atoms with van der Waals surface area (Å²) in [7, 11) is 0. The van der Waals surface area contributed by atoms with Crippen LogP contribution in [0.15, 0.2) is 35.8 Å². The fraction of sp³-hybridized carbons (Fsp3) is 0.250. The molecule has 16 heavy (non-hydrogen) atoms. The number of hydrazine groups is 1. The lowest BCUT2D eigenvalue weighted by molar-refractivity contribution is 0.550. The van der Waals surface area contributed by atoms with Crippen LogP contribution in [0.3, 0.4) is 0 Å². The van der Waals surface area contributed by atoms with E-state index in [4.69, 9.17) is 5.84 Å². The highest BCUT2D eigenvalue weighted by molar-refractivity contribution is 7.09. The minimum Gasteiger partial charge on any atom is -0.271 e. The third-order valence-corrected chi connectivity index (χ3v) is 3.51. The van der Waals surface area contributed by atoms with E-state index in [0.717, 1.165) is 12.1 Å². The van der Waals surface area contributed by atoms with Crippen LogP contribution in [0.25, 0.3) is 0 Å². The normalized spacial score (nSPS) is 12.6. The first kappa shape index (κ1) is 11.3. The first-order chi connectivity index (χ1) is 7.81. The Balaban J connectivity index is 2.20. The molecular formula is C12H15N3S. The molecule has 0 aromatic carbocycles. The Morgan fingerprint density at radius 1 is 1.44 bits per heavy atom. The molecule has 0 saturated heterocycles. The molecule has 84 valence electrons. The van der Waals surface area contributed by atoms with Crippen LogP contribution < -0.4 is 11.3 Å². The number of hydrogen-bond acceptors (Lipinski definition) is 4. The summed E-state index contributed by atoms with van der Waals surface area (Å²) in [5.41, 5.74) is 5.06. The summed E-state index contributed by atoms with van der Waals surface area (Å²) in [6, 6.07) is 8.33. The van der Waals surface area contributed by atoms with Gasteiger partial charge in [0.05, 0.1) is 6.04 Å². The molecule has 0 bridgehead atoms. The predicted molar refractivity (Wildman–Crippen MR) is 67.1 cm³/mol. The molecule has 4 heteroatoms. The van der Waals surface area contributed by atoms with E-state index < -0.39 is 0 Å². The maximum absolute atomic E-state index is 5.62. The monoisotopic (exact) mass is 233 g/mol. The average molecular weight is 233 g/mol. The summed E-state index contributed by atoms with van der Waals surface area (Å²) < 4.78 is 0. The van der Waals surface area contributed by atoms with Gasteiger partial charge in [-0.05, 0) is 30.0 Å². The summed E-state index contributed by atoms with van der Waals surface area (Å²) in [4.78, 5) is 5.61. The number of aryl methyl sites for hydroxylation is 1. The first-order valence-electron chi connectivity index (χ1n) is 5.21. The van der Waals surface area contributed by atoms with Gasteiger partial charge in [0.2, 0.25) is 0 Å². The zero-order valence-electron chi connectivity index (χ0n) is 9.18. The van der Waals surface area contributed by atoms with Crippen molar-refractivity contribution in [3.63, 3.8) is 0 Å². The van der Waals surface area contributed by atoms with Crippen LogP contribution in [0.5, 0.6) is 0 Å². The third-order valence-electron chi connectivity index (χ3n) is 2.61. The topological polar surface area (TPSA) is 50.9 Å². The summed E-state index contributed by atoms with van der Waals surface area (Å²) >= 11 is 1.75. The summed E-state index contributed by atoms with van der Waals surface area (Å²) in [6.07, 6.45) is 2.71. The molecule has 3 N–H and O–H groups in total. The van der Waals surface area contributed by atoms with Crippen molar-refractivity contribution in [2.24, 2.45) is 5.84 Å². The van der Waals surface area contributed by atoms with E-state index in [-0.39, 0.29) is 6.04 Å². The summed E-state index contributed by atoms with van der Waals surface area (Å²) in [5.74, 6) is 5.62. The zero-order chi connectivity index (χ0) is 11.4. The van der Waals surface area contributed by atoms with E-state index in [1.807, 2.05) is 13.0 Å². The van der Waals surface area contributed by atoms with Gasteiger partial charge >= 0.3 is 0 Å². The molecule has 2 heterocycles. The largest absolute Gasteiger partial charge is 0.271 e. The molecule has 3 nitrogen and oxygen atoms in total. The smallest absolute Gasteiger partial charge is 0.0526 e. The van der Waals surface area contributed by atoms with E-state index in [9.17, 15) is 0 Å². The van der Waals surface area contributed by atoms with Gasteiger partial charge in [-0.2, -0.15) is 0 Å². The highest BCUT2D eigenvalue weighted by atomic mass is 32.1. The van der Waals surface area contributed by atoms with Crippen LogP contribution >= 0.6 is 11.3 Å². The Kier molecular flexibility index (Phi) is 3.66. The maximum Gasteiger partial charge on any atom is 0.0526 e. The molecule has 0 aliphatic heterocycles. The van der Waals surface area contributed by atoms with Crippen LogP contribution in [0.2, 0.25) is 0 Å². The Bertz CT molecular complexity index is 439. The van der Waals surface area contributed by atoms with Crippen molar-refractivity contribution in [3.05, 3.63) is 52.0 Å². The van der Waals surface area contributed by atoms with Crippen LogP contribution in [0.1, 0.15) is 22.2 Å². The number of pyridine rings is 1. The van der Waals surface area contributed by atoms with Crippen molar-refractivity contribution in [2.75, 3.05) is 0 Å². The molecule has 0 amide bonds. The highest BCUT2D eigenvalue weighted by Gasteiger charge is 2.13. The molecule has 0 aliphatic rings.